The van der Waals surface area contributed by atoms with E-state index in [-0.39, 0.29) is 11.6 Å². The molecule has 0 spiro atoms. The number of fused-ring (bicyclic) bond motifs is 1. The molecule has 1 N–H and O–H groups in total. The second-order valence-electron chi connectivity index (χ2n) is 6.90. The highest BCUT2D eigenvalue weighted by atomic mass is 16.5. The Balaban J connectivity index is 1.95. The van der Waals surface area contributed by atoms with Gasteiger partial charge >= 0.3 is 5.97 Å². The van der Waals surface area contributed by atoms with Crippen LogP contribution in [0.25, 0.3) is 0 Å². The molecule has 4 heteroatoms. The third-order valence-electron chi connectivity index (χ3n) is 4.39. The van der Waals surface area contributed by atoms with Crippen LogP contribution < -0.4 is 0 Å². The lowest BCUT2D eigenvalue weighted by Gasteiger charge is -2.33. The SMILES string of the molecule is CC(C)(C)OCCN1C(C(=O)O)CC2CCCCC21. The van der Waals surface area contributed by atoms with Crippen molar-refractivity contribution in [3.8, 4) is 0 Å². The summed E-state index contributed by atoms with van der Waals surface area (Å²) >= 11 is 0. The molecule has 2 fully saturated rings. The van der Waals surface area contributed by atoms with Crippen LogP contribution in [0.1, 0.15) is 52.9 Å². The number of rotatable bonds is 4. The van der Waals surface area contributed by atoms with Crippen LogP contribution in [-0.4, -0.2) is 46.8 Å². The van der Waals surface area contributed by atoms with Crippen molar-refractivity contribution < 1.29 is 14.6 Å². The number of carboxylic acid groups (broad SMARTS) is 1. The Morgan fingerprint density at radius 3 is 2.63 bits per heavy atom. The average molecular weight is 269 g/mol. The quantitative estimate of drug-likeness (QED) is 0.852. The predicted octanol–water partition coefficient (Wildman–Crippen LogP) is 2.52. The van der Waals surface area contributed by atoms with Gasteiger partial charge < -0.3 is 9.84 Å². The van der Waals surface area contributed by atoms with Crippen LogP contribution in [0.15, 0.2) is 0 Å². The van der Waals surface area contributed by atoms with Gasteiger partial charge in [0.25, 0.3) is 0 Å². The van der Waals surface area contributed by atoms with Crippen molar-refractivity contribution in [1.29, 1.82) is 0 Å². The molecule has 1 saturated carbocycles. The summed E-state index contributed by atoms with van der Waals surface area (Å²) in [6.45, 7) is 7.48. The minimum absolute atomic E-state index is 0.148. The molecule has 1 aliphatic heterocycles. The summed E-state index contributed by atoms with van der Waals surface area (Å²) in [7, 11) is 0. The van der Waals surface area contributed by atoms with Gasteiger partial charge in [0.15, 0.2) is 0 Å². The lowest BCUT2D eigenvalue weighted by molar-refractivity contribution is -0.143. The number of carbonyl (C=O) groups is 1. The Morgan fingerprint density at radius 2 is 2.00 bits per heavy atom. The number of hydrogen-bond acceptors (Lipinski definition) is 3. The molecule has 2 aliphatic rings. The lowest BCUT2D eigenvalue weighted by Crippen LogP contribution is -2.44. The fraction of sp³-hybridized carbons (Fsp3) is 0.933. The highest BCUT2D eigenvalue weighted by Gasteiger charge is 2.44. The number of nitrogens with zero attached hydrogens (tertiary/aromatic N) is 1. The van der Waals surface area contributed by atoms with Crippen LogP contribution in [0.3, 0.4) is 0 Å². The topological polar surface area (TPSA) is 49.8 Å². The molecule has 0 aromatic carbocycles. The van der Waals surface area contributed by atoms with Crippen LogP contribution in [0.4, 0.5) is 0 Å². The van der Waals surface area contributed by atoms with E-state index in [9.17, 15) is 9.90 Å². The Morgan fingerprint density at radius 1 is 1.32 bits per heavy atom. The molecule has 19 heavy (non-hydrogen) atoms. The molecule has 3 atom stereocenters. The fourth-order valence-electron chi connectivity index (χ4n) is 3.57. The maximum Gasteiger partial charge on any atom is 0.320 e. The van der Waals surface area contributed by atoms with E-state index in [2.05, 4.69) is 4.90 Å². The molecule has 0 radical (unpaired) electrons. The number of hydrogen-bond donors (Lipinski definition) is 1. The minimum Gasteiger partial charge on any atom is -0.480 e. The molecule has 4 nitrogen and oxygen atoms in total. The Labute approximate surface area is 116 Å². The lowest BCUT2D eigenvalue weighted by atomic mass is 9.85. The first kappa shape index (κ1) is 14.8. The Kier molecular flexibility index (Phi) is 4.51. The van der Waals surface area contributed by atoms with Crippen molar-refractivity contribution in [2.45, 2.75) is 70.6 Å². The van der Waals surface area contributed by atoms with Gasteiger partial charge in [-0.1, -0.05) is 12.8 Å². The molecule has 0 aromatic heterocycles. The van der Waals surface area contributed by atoms with Gasteiger partial charge in [-0.2, -0.15) is 0 Å². The molecule has 0 amide bonds. The number of likely N-dealkylation sites (tertiary alicyclic amines) is 1. The highest BCUT2D eigenvalue weighted by Crippen LogP contribution is 2.39. The van der Waals surface area contributed by atoms with Crippen molar-refractivity contribution >= 4 is 5.97 Å². The molecular formula is C15H27NO3. The van der Waals surface area contributed by atoms with Gasteiger partial charge in [0.1, 0.15) is 6.04 Å². The van der Waals surface area contributed by atoms with Crippen LogP contribution in [0.2, 0.25) is 0 Å². The summed E-state index contributed by atoms with van der Waals surface area (Å²) in [5, 5.41) is 9.41. The first-order valence-electron chi connectivity index (χ1n) is 7.51. The minimum atomic E-state index is -0.662. The number of carboxylic acids is 1. The summed E-state index contributed by atoms with van der Waals surface area (Å²) < 4.78 is 5.76. The van der Waals surface area contributed by atoms with Crippen molar-refractivity contribution in [1.82, 2.24) is 4.90 Å². The van der Waals surface area contributed by atoms with E-state index in [0.29, 0.717) is 18.6 Å². The predicted molar refractivity (Wildman–Crippen MR) is 74.2 cm³/mol. The van der Waals surface area contributed by atoms with Gasteiger partial charge in [-0.05, 0) is 46.0 Å². The van der Waals surface area contributed by atoms with E-state index >= 15 is 0 Å². The van der Waals surface area contributed by atoms with E-state index in [0.717, 1.165) is 19.4 Å². The molecule has 1 heterocycles. The molecule has 3 unspecified atom stereocenters. The van der Waals surface area contributed by atoms with E-state index in [1.54, 1.807) is 0 Å². The standard InChI is InChI=1S/C15H27NO3/c1-15(2,3)19-9-8-16-12-7-5-4-6-11(12)10-13(16)14(17)18/h11-13H,4-10H2,1-3H3,(H,17,18). The Hall–Kier alpha value is -0.610. The molecular weight excluding hydrogens is 242 g/mol. The van der Waals surface area contributed by atoms with Gasteiger partial charge in [-0.25, -0.2) is 0 Å². The van der Waals surface area contributed by atoms with Crippen LogP contribution in [0.5, 0.6) is 0 Å². The van der Waals surface area contributed by atoms with Gasteiger partial charge in [0.05, 0.1) is 12.2 Å². The maximum atomic E-state index is 11.4. The van der Waals surface area contributed by atoms with Crippen molar-refractivity contribution in [2.24, 2.45) is 5.92 Å². The van der Waals surface area contributed by atoms with E-state index in [1.165, 1.54) is 19.3 Å². The van der Waals surface area contributed by atoms with Crippen LogP contribution in [0, 0.1) is 5.92 Å². The molecule has 2 rings (SSSR count). The maximum absolute atomic E-state index is 11.4. The van der Waals surface area contributed by atoms with Gasteiger partial charge in [-0.15, -0.1) is 0 Å². The first-order valence-corrected chi connectivity index (χ1v) is 7.51. The van der Waals surface area contributed by atoms with Gasteiger partial charge in [0.2, 0.25) is 0 Å². The highest BCUT2D eigenvalue weighted by molar-refractivity contribution is 5.74. The zero-order valence-corrected chi connectivity index (χ0v) is 12.4. The second kappa shape index (κ2) is 5.80. The zero-order valence-electron chi connectivity index (χ0n) is 12.4. The molecule has 1 aliphatic carbocycles. The smallest absolute Gasteiger partial charge is 0.320 e. The normalized spacial score (nSPS) is 32.3. The summed E-state index contributed by atoms with van der Waals surface area (Å²) in [6, 6.07) is 0.176. The third kappa shape index (κ3) is 3.69. The van der Waals surface area contributed by atoms with Crippen LogP contribution in [-0.2, 0) is 9.53 Å². The largest absolute Gasteiger partial charge is 0.480 e. The molecule has 0 bridgehead atoms. The van der Waals surface area contributed by atoms with Crippen LogP contribution >= 0.6 is 0 Å². The summed E-state index contributed by atoms with van der Waals surface area (Å²) in [5.41, 5.74) is -0.148. The van der Waals surface area contributed by atoms with E-state index in [1.807, 2.05) is 20.8 Å². The van der Waals surface area contributed by atoms with Gasteiger partial charge in [-0.3, -0.25) is 9.69 Å². The number of aliphatic carboxylic acids is 1. The van der Waals surface area contributed by atoms with Crippen molar-refractivity contribution in [3.05, 3.63) is 0 Å². The number of ether oxygens (including phenoxy) is 1. The van der Waals surface area contributed by atoms with E-state index in [4.69, 9.17) is 4.74 Å². The molecule has 110 valence electrons. The molecule has 0 aromatic rings. The first-order chi connectivity index (χ1) is 8.88. The summed E-state index contributed by atoms with van der Waals surface area (Å²) in [6.07, 6.45) is 5.69. The average Bonchev–Trinajstić information content (AvgIpc) is 2.67. The fourth-order valence-corrected chi connectivity index (χ4v) is 3.57. The third-order valence-corrected chi connectivity index (χ3v) is 4.39. The Bertz CT molecular complexity index is 324. The second-order valence-corrected chi connectivity index (χ2v) is 6.90. The van der Waals surface area contributed by atoms with Gasteiger partial charge in [0, 0.05) is 12.6 Å². The summed E-state index contributed by atoms with van der Waals surface area (Å²) in [4.78, 5) is 13.6. The van der Waals surface area contributed by atoms with Crippen molar-refractivity contribution in [2.75, 3.05) is 13.2 Å². The zero-order chi connectivity index (χ0) is 14.0. The molecule has 1 saturated heterocycles. The van der Waals surface area contributed by atoms with Crippen molar-refractivity contribution in [3.63, 3.8) is 0 Å². The monoisotopic (exact) mass is 269 g/mol. The summed E-state index contributed by atoms with van der Waals surface area (Å²) in [5.74, 6) is -0.0744. The van der Waals surface area contributed by atoms with E-state index < -0.39 is 5.97 Å².